The fraction of sp³-hybridized carbons (Fsp3) is 0.200. The Labute approximate surface area is 118 Å². The van der Waals surface area contributed by atoms with Crippen molar-refractivity contribution in [3.05, 3.63) is 71.0 Å². The van der Waals surface area contributed by atoms with Crippen LogP contribution in [0.2, 0.25) is 0 Å². The first kappa shape index (κ1) is 15.4. The molecule has 0 bridgehead atoms. The molecule has 0 saturated carbocycles. The van der Waals surface area contributed by atoms with Gasteiger partial charge in [0, 0.05) is 17.7 Å². The van der Waals surface area contributed by atoms with Gasteiger partial charge < -0.3 is 5.73 Å². The number of hydrogen-bond donors (Lipinski definition) is 1. The largest absolute Gasteiger partial charge is 0.340 e. The van der Waals surface area contributed by atoms with E-state index < -0.39 is 35.3 Å². The molecular weight excluding hydrogens is 289 g/mol. The van der Waals surface area contributed by atoms with E-state index in [0.717, 1.165) is 18.2 Å². The van der Waals surface area contributed by atoms with Crippen LogP contribution in [-0.4, -0.2) is 0 Å². The first-order valence-corrected chi connectivity index (χ1v) is 6.11. The number of halogens is 5. The molecule has 0 aliphatic heterocycles. The Hall–Kier alpha value is -1.95. The average molecular weight is 301 g/mol. The van der Waals surface area contributed by atoms with Crippen molar-refractivity contribution in [2.24, 2.45) is 5.73 Å². The third-order valence-corrected chi connectivity index (χ3v) is 3.16. The van der Waals surface area contributed by atoms with Crippen LogP contribution in [0, 0.1) is 5.82 Å². The quantitative estimate of drug-likeness (QED) is 0.843. The molecule has 1 nitrogen and oxygen atoms in total. The second-order valence-corrected chi connectivity index (χ2v) is 4.52. The molecule has 0 aliphatic carbocycles. The summed E-state index contributed by atoms with van der Waals surface area (Å²) in [6, 6.07) is 7.86. The first-order valence-electron chi connectivity index (χ1n) is 6.11. The van der Waals surface area contributed by atoms with Gasteiger partial charge in [0.25, 0.3) is 0 Å². The Balaban J connectivity index is 2.56. The van der Waals surface area contributed by atoms with E-state index in [1.54, 1.807) is 0 Å². The van der Waals surface area contributed by atoms with Crippen molar-refractivity contribution < 1.29 is 22.0 Å². The zero-order valence-electron chi connectivity index (χ0n) is 10.8. The highest BCUT2D eigenvalue weighted by molar-refractivity contribution is 5.36. The van der Waals surface area contributed by atoms with E-state index in [9.17, 15) is 22.0 Å². The summed E-state index contributed by atoms with van der Waals surface area (Å²) in [4.78, 5) is 0. The molecule has 2 rings (SSSR count). The lowest BCUT2D eigenvalue weighted by molar-refractivity contribution is -0.224. The van der Waals surface area contributed by atoms with Crippen molar-refractivity contribution in [2.45, 2.75) is 18.4 Å². The van der Waals surface area contributed by atoms with E-state index in [1.807, 2.05) is 0 Å². The van der Waals surface area contributed by atoms with Crippen LogP contribution in [0.3, 0.4) is 0 Å². The molecule has 2 aromatic rings. The molecule has 0 aromatic heterocycles. The molecule has 112 valence electrons. The van der Waals surface area contributed by atoms with Crippen molar-refractivity contribution in [1.82, 2.24) is 0 Å². The Morgan fingerprint density at radius 2 is 1.48 bits per heavy atom. The fourth-order valence-electron chi connectivity index (χ4n) is 2.04. The maximum absolute atomic E-state index is 14.3. The summed E-state index contributed by atoms with van der Waals surface area (Å²) in [6.45, 7) is -0.465. The first-order chi connectivity index (χ1) is 9.80. The standard InChI is InChI=1S/C15H12F5N/c16-12-6-7-13(10(8-12)9-21)15(19,20)14(17,18)11-4-2-1-3-5-11/h1-8H,9,21H2. The van der Waals surface area contributed by atoms with Crippen LogP contribution < -0.4 is 5.73 Å². The minimum absolute atomic E-state index is 0.351. The fourth-order valence-corrected chi connectivity index (χ4v) is 2.04. The lowest BCUT2D eigenvalue weighted by Gasteiger charge is -2.28. The van der Waals surface area contributed by atoms with Gasteiger partial charge in [-0.3, -0.25) is 0 Å². The molecule has 0 radical (unpaired) electrons. The molecular formula is C15H12F5N. The molecule has 0 amide bonds. The van der Waals surface area contributed by atoms with Gasteiger partial charge in [-0.15, -0.1) is 0 Å². The van der Waals surface area contributed by atoms with Gasteiger partial charge in [-0.2, -0.15) is 17.6 Å². The van der Waals surface area contributed by atoms with Gasteiger partial charge in [-0.25, -0.2) is 4.39 Å². The zero-order chi connectivity index (χ0) is 15.7. The van der Waals surface area contributed by atoms with Gasteiger partial charge in [0.05, 0.1) is 0 Å². The number of nitrogens with two attached hydrogens (primary N) is 1. The van der Waals surface area contributed by atoms with E-state index in [1.165, 1.54) is 18.2 Å². The third-order valence-electron chi connectivity index (χ3n) is 3.16. The molecule has 6 heteroatoms. The van der Waals surface area contributed by atoms with E-state index in [2.05, 4.69) is 0 Å². The minimum Gasteiger partial charge on any atom is -0.326 e. The highest BCUT2D eigenvalue weighted by atomic mass is 19.3. The van der Waals surface area contributed by atoms with E-state index in [4.69, 9.17) is 5.73 Å². The van der Waals surface area contributed by atoms with Gasteiger partial charge >= 0.3 is 11.8 Å². The van der Waals surface area contributed by atoms with Crippen LogP contribution in [0.15, 0.2) is 48.5 Å². The lowest BCUT2D eigenvalue weighted by Crippen LogP contribution is -2.36. The van der Waals surface area contributed by atoms with Crippen molar-refractivity contribution in [3.63, 3.8) is 0 Å². The van der Waals surface area contributed by atoms with E-state index in [0.29, 0.717) is 12.1 Å². The molecule has 0 fully saturated rings. The van der Waals surface area contributed by atoms with Crippen LogP contribution in [0.1, 0.15) is 16.7 Å². The topological polar surface area (TPSA) is 26.0 Å². The normalized spacial score (nSPS) is 12.5. The Morgan fingerprint density at radius 3 is 2.05 bits per heavy atom. The number of alkyl halides is 4. The second-order valence-electron chi connectivity index (χ2n) is 4.52. The lowest BCUT2D eigenvalue weighted by atomic mass is 9.92. The van der Waals surface area contributed by atoms with Gasteiger partial charge in [-0.1, -0.05) is 30.3 Å². The van der Waals surface area contributed by atoms with Crippen LogP contribution in [0.4, 0.5) is 22.0 Å². The van der Waals surface area contributed by atoms with Gasteiger partial charge in [-0.05, 0) is 23.8 Å². The van der Waals surface area contributed by atoms with Crippen molar-refractivity contribution in [3.8, 4) is 0 Å². The molecule has 2 N–H and O–H groups in total. The average Bonchev–Trinajstić information content (AvgIpc) is 2.47. The second kappa shape index (κ2) is 5.44. The molecule has 0 spiro atoms. The Bertz CT molecular complexity index is 625. The smallest absolute Gasteiger partial charge is 0.326 e. The number of benzene rings is 2. The SMILES string of the molecule is NCc1cc(F)ccc1C(F)(F)C(F)(F)c1ccccc1. The number of hydrogen-bond acceptors (Lipinski definition) is 1. The van der Waals surface area contributed by atoms with Crippen molar-refractivity contribution in [2.75, 3.05) is 0 Å². The van der Waals surface area contributed by atoms with Crippen LogP contribution in [0.25, 0.3) is 0 Å². The summed E-state index contributed by atoms with van der Waals surface area (Å²) in [5.74, 6) is -9.75. The van der Waals surface area contributed by atoms with Crippen LogP contribution in [0.5, 0.6) is 0 Å². The molecule has 0 atom stereocenters. The molecule has 2 aromatic carbocycles. The van der Waals surface area contributed by atoms with E-state index >= 15 is 0 Å². The Morgan fingerprint density at radius 1 is 0.857 bits per heavy atom. The predicted octanol–water partition coefficient (Wildman–Crippen LogP) is 4.17. The summed E-state index contributed by atoms with van der Waals surface area (Å²) >= 11 is 0. The van der Waals surface area contributed by atoms with E-state index in [-0.39, 0.29) is 5.56 Å². The summed E-state index contributed by atoms with van der Waals surface area (Å²) in [5, 5.41) is 0. The van der Waals surface area contributed by atoms with Gasteiger partial charge in [0.2, 0.25) is 0 Å². The van der Waals surface area contributed by atoms with Gasteiger partial charge in [0.1, 0.15) is 5.82 Å². The van der Waals surface area contributed by atoms with Crippen molar-refractivity contribution >= 4 is 0 Å². The van der Waals surface area contributed by atoms with Crippen molar-refractivity contribution in [1.29, 1.82) is 0 Å². The predicted molar refractivity (Wildman–Crippen MR) is 68.5 cm³/mol. The molecule has 0 unspecified atom stereocenters. The monoisotopic (exact) mass is 301 g/mol. The molecule has 21 heavy (non-hydrogen) atoms. The third kappa shape index (κ3) is 2.63. The maximum Gasteiger partial charge on any atom is 0.340 e. The number of rotatable bonds is 4. The molecule has 0 saturated heterocycles. The summed E-state index contributed by atoms with van der Waals surface area (Å²) in [6.07, 6.45) is 0. The molecule has 0 aliphatic rings. The molecule has 0 heterocycles. The van der Waals surface area contributed by atoms with Gasteiger partial charge in [0.15, 0.2) is 0 Å². The van der Waals surface area contributed by atoms with Crippen LogP contribution in [-0.2, 0) is 18.4 Å². The summed E-state index contributed by atoms with van der Waals surface area (Å²) < 4.78 is 69.9. The Kier molecular flexibility index (Phi) is 4.00. The summed E-state index contributed by atoms with van der Waals surface area (Å²) in [7, 11) is 0. The highest BCUT2D eigenvalue weighted by Gasteiger charge is 2.59. The minimum atomic E-state index is -4.50. The summed E-state index contributed by atoms with van der Waals surface area (Å²) in [5.41, 5.74) is 3.11. The maximum atomic E-state index is 14.3. The zero-order valence-corrected chi connectivity index (χ0v) is 10.8. The van der Waals surface area contributed by atoms with Crippen LogP contribution >= 0.6 is 0 Å². The highest BCUT2D eigenvalue weighted by Crippen LogP contribution is 2.50.